The first kappa shape index (κ1) is 12.5. The lowest BCUT2D eigenvalue weighted by molar-refractivity contribution is -0.142. The second-order valence-corrected chi connectivity index (χ2v) is 5.15. The highest BCUT2D eigenvalue weighted by Gasteiger charge is 2.16. The van der Waals surface area contributed by atoms with Gasteiger partial charge in [-0.2, -0.15) is 0 Å². The van der Waals surface area contributed by atoms with Crippen LogP contribution in [-0.2, 0) is 22.4 Å². The van der Waals surface area contributed by atoms with Crippen LogP contribution in [0.3, 0.4) is 0 Å². The van der Waals surface area contributed by atoms with E-state index in [1.54, 1.807) is 11.3 Å². The molecule has 1 unspecified atom stereocenters. The van der Waals surface area contributed by atoms with Crippen molar-refractivity contribution in [2.45, 2.75) is 38.6 Å². The van der Waals surface area contributed by atoms with Crippen LogP contribution in [0.4, 0.5) is 0 Å². The average Bonchev–Trinajstić information content (AvgIpc) is 2.91. The Morgan fingerprint density at radius 1 is 1.71 bits per heavy atom. The van der Waals surface area contributed by atoms with Gasteiger partial charge in [0, 0.05) is 17.8 Å². The van der Waals surface area contributed by atoms with Crippen LogP contribution in [0.2, 0.25) is 0 Å². The Morgan fingerprint density at radius 3 is 3.29 bits per heavy atom. The Balaban J connectivity index is 1.84. The van der Waals surface area contributed by atoms with E-state index in [0.29, 0.717) is 19.1 Å². The fourth-order valence-corrected chi connectivity index (χ4v) is 2.90. The maximum Gasteiger partial charge on any atom is 0.311 e. The molecule has 0 aliphatic carbocycles. The van der Waals surface area contributed by atoms with E-state index in [9.17, 15) is 4.79 Å². The van der Waals surface area contributed by atoms with Crippen molar-refractivity contribution in [1.82, 2.24) is 10.3 Å². The Morgan fingerprint density at radius 2 is 2.59 bits per heavy atom. The Bertz CT molecular complexity index is 372. The SMILES string of the molecule is CCOC(=O)Cc1csc(CC2CCCN2)n1. The van der Waals surface area contributed by atoms with Crippen molar-refractivity contribution < 1.29 is 9.53 Å². The predicted molar refractivity (Wildman–Crippen MR) is 67.2 cm³/mol. The van der Waals surface area contributed by atoms with E-state index in [-0.39, 0.29) is 5.97 Å². The molecule has 2 heterocycles. The Kier molecular flexibility index (Phi) is 4.50. The average molecular weight is 254 g/mol. The fraction of sp³-hybridized carbons (Fsp3) is 0.667. The van der Waals surface area contributed by atoms with Gasteiger partial charge in [0.15, 0.2) is 0 Å². The summed E-state index contributed by atoms with van der Waals surface area (Å²) in [5, 5.41) is 6.52. The highest BCUT2D eigenvalue weighted by Crippen LogP contribution is 2.16. The minimum atomic E-state index is -0.191. The number of carbonyl (C=O) groups is 1. The minimum Gasteiger partial charge on any atom is -0.466 e. The molecule has 1 aliphatic rings. The summed E-state index contributed by atoms with van der Waals surface area (Å²) in [5.74, 6) is -0.191. The molecule has 4 nitrogen and oxygen atoms in total. The number of esters is 1. The van der Waals surface area contributed by atoms with Gasteiger partial charge in [-0.25, -0.2) is 4.98 Å². The number of hydrogen-bond donors (Lipinski definition) is 1. The van der Waals surface area contributed by atoms with Crippen LogP contribution in [0.15, 0.2) is 5.38 Å². The lowest BCUT2D eigenvalue weighted by Gasteiger charge is -2.06. The third kappa shape index (κ3) is 3.78. The first-order chi connectivity index (χ1) is 8.28. The first-order valence-corrected chi connectivity index (χ1v) is 6.98. The van der Waals surface area contributed by atoms with Gasteiger partial charge in [-0.1, -0.05) is 0 Å². The van der Waals surface area contributed by atoms with Gasteiger partial charge >= 0.3 is 5.97 Å². The number of carbonyl (C=O) groups excluding carboxylic acids is 1. The number of thiazole rings is 1. The largest absolute Gasteiger partial charge is 0.466 e. The minimum absolute atomic E-state index is 0.191. The lowest BCUT2D eigenvalue weighted by Crippen LogP contribution is -2.23. The van der Waals surface area contributed by atoms with Crippen molar-refractivity contribution in [2.75, 3.05) is 13.2 Å². The number of ether oxygens (including phenoxy) is 1. The van der Waals surface area contributed by atoms with Crippen LogP contribution in [0.5, 0.6) is 0 Å². The maximum atomic E-state index is 11.3. The zero-order valence-electron chi connectivity index (χ0n) is 10.1. The second-order valence-electron chi connectivity index (χ2n) is 4.21. The molecule has 0 saturated carbocycles. The Hall–Kier alpha value is -0.940. The van der Waals surface area contributed by atoms with E-state index >= 15 is 0 Å². The molecule has 94 valence electrons. The maximum absolute atomic E-state index is 11.3. The van der Waals surface area contributed by atoms with Gasteiger partial charge in [0.2, 0.25) is 0 Å². The molecule has 0 aromatic carbocycles. The molecule has 1 fully saturated rings. The van der Waals surface area contributed by atoms with Gasteiger partial charge < -0.3 is 10.1 Å². The van der Waals surface area contributed by atoms with Crippen molar-refractivity contribution in [2.24, 2.45) is 0 Å². The predicted octanol–water partition coefficient (Wildman–Crippen LogP) is 1.54. The van der Waals surface area contributed by atoms with Gasteiger partial charge in [-0.3, -0.25) is 4.79 Å². The van der Waals surface area contributed by atoms with Gasteiger partial charge in [0.1, 0.15) is 0 Å². The normalized spacial score (nSPS) is 19.5. The topological polar surface area (TPSA) is 51.2 Å². The molecule has 1 atom stereocenters. The van der Waals surface area contributed by atoms with Crippen molar-refractivity contribution in [3.8, 4) is 0 Å². The molecule has 5 heteroatoms. The van der Waals surface area contributed by atoms with Crippen molar-refractivity contribution in [3.05, 3.63) is 16.1 Å². The summed E-state index contributed by atoms with van der Waals surface area (Å²) in [7, 11) is 0. The molecule has 0 spiro atoms. The Labute approximate surface area is 105 Å². The summed E-state index contributed by atoms with van der Waals surface area (Å²) in [6.07, 6.45) is 3.76. The monoisotopic (exact) mass is 254 g/mol. The van der Waals surface area contributed by atoms with E-state index in [2.05, 4.69) is 10.3 Å². The van der Waals surface area contributed by atoms with E-state index < -0.39 is 0 Å². The molecule has 0 bridgehead atoms. The molecular formula is C12H18N2O2S. The van der Waals surface area contributed by atoms with E-state index in [0.717, 1.165) is 23.7 Å². The van der Waals surface area contributed by atoms with Crippen molar-refractivity contribution in [3.63, 3.8) is 0 Å². The zero-order chi connectivity index (χ0) is 12.1. The van der Waals surface area contributed by atoms with Gasteiger partial charge in [-0.15, -0.1) is 11.3 Å². The molecule has 1 aromatic rings. The standard InChI is InChI=1S/C12H18N2O2S/c1-2-16-12(15)7-10-8-17-11(14-10)6-9-4-3-5-13-9/h8-9,13H,2-7H2,1H3. The van der Waals surface area contributed by atoms with Crippen LogP contribution in [0.1, 0.15) is 30.5 Å². The van der Waals surface area contributed by atoms with E-state index in [4.69, 9.17) is 4.74 Å². The third-order valence-electron chi connectivity index (χ3n) is 2.81. The quantitative estimate of drug-likeness (QED) is 0.810. The van der Waals surface area contributed by atoms with Crippen LogP contribution < -0.4 is 5.32 Å². The molecule has 2 rings (SSSR count). The molecule has 17 heavy (non-hydrogen) atoms. The summed E-state index contributed by atoms with van der Waals surface area (Å²) in [4.78, 5) is 15.8. The highest BCUT2D eigenvalue weighted by atomic mass is 32.1. The fourth-order valence-electron chi connectivity index (χ4n) is 2.03. The van der Waals surface area contributed by atoms with E-state index in [1.165, 1.54) is 12.8 Å². The molecular weight excluding hydrogens is 236 g/mol. The van der Waals surface area contributed by atoms with Gasteiger partial charge in [-0.05, 0) is 26.3 Å². The summed E-state index contributed by atoms with van der Waals surface area (Å²) >= 11 is 1.64. The molecule has 0 amide bonds. The molecule has 1 saturated heterocycles. The summed E-state index contributed by atoms with van der Waals surface area (Å²) in [5.41, 5.74) is 0.835. The van der Waals surface area contributed by atoms with Gasteiger partial charge in [0.05, 0.1) is 23.7 Å². The van der Waals surface area contributed by atoms with Crippen LogP contribution in [0, 0.1) is 0 Å². The lowest BCUT2D eigenvalue weighted by atomic mass is 10.2. The molecule has 0 radical (unpaired) electrons. The van der Waals surface area contributed by atoms with Crippen LogP contribution in [-0.4, -0.2) is 30.1 Å². The number of aromatic nitrogens is 1. The molecule has 1 N–H and O–H groups in total. The molecule has 1 aromatic heterocycles. The first-order valence-electron chi connectivity index (χ1n) is 6.10. The molecule has 1 aliphatic heterocycles. The highest BCUT2D eigenvalue weighted by molar-refractivity contribution is 7.09. The number of rotatable bonds is 5. The van der Waals surface area contributed by atoms with Crippen molar-refractivity contribution >= 4 is 17.3 Å². The number of nitrogens with one attached hydrogen (secondary N) is 1. The number of nitrogens with zero attached hydrogens (tertiary/aromatic N) is 1. The number of hydrogen-bond acceptors (Lipinski definition) is 5. The van der Waals surface area contributed by atoms with Crippen LogP contribution >= 0.6 is 11.3 Å². The van der Waals surface area contributed by atoms with Crippen molar-refractivity contribution in [1.29, 1.82) is 0 Å². The third-order valence-corrected chi connectivity index (χ3v) is 3.73. The second kappa shape index (κ2) is 6.12. The zero-order valence-corrected chi connectivity index (χ0v) is 10.9. The summed E-state index contributed by atoms with van der Waals surface area (Å²) < 4.78 is 4.90. The summed E-state index contributed by atoms with van der Waals surface area (Å²) in [6.45, 7) is 3.36. The summed E-state index contributed by atoms with van der Waals surface area (Å²) in [6, 6.07) is 0.566. The van der Waals surface area contributed by atoms with Crippen LogP contribution in [0.25, 0.3) is 0 Å². The smallest absolute Gasteiger partial charge is 0.311 e. The van der Waals surface area contributed by atoms with Gasteiger partial charge in [0.25, 0.3) is 0 Å². The van der Waals surface area contributed by atoms with E-state index in [1.807, 2.05) is 12.3 Å².